The largest absolute Gasteiger partial charge is 0.374 e. The first-order valence-electron chi connectivity index (χ1n) is 5.69. The number of hydrogen-bond acceptors (Lipinski definition) is 3. The number of rotatable bonds is 3. The molecule has 86 valence electrons. The number of hydrogen-bond donors (Lipinski definition) is 0. The van der Waals surface area contributed by atoms with E-state index in [0.717, 1.165) is 19.6 Å². The molecule has 0 radical (unpaired) electrons. The summed E-state index contributed by atoms with van der Waals surface area (Å²) < 4.78 is 5.48. The third kappa shape index (κ3) is 2.16. The van der Waals surface area contributed by atoms with Crippen molar-refractivity contribution in [2.24, 2.45) is 0 Å². The summed E-state index contributed by atoms with van der Waals surface area (Å²) in [5, 5.41) is 0. The Bertz CT molecular complexity index is 255. The van der Waals surface area contributed by atoms with Crippen molar-refractivity contribution in [3.8, 4) is 0 Å². The maximum Gasteiger partial charge on any atom is 0.237 e. The molecular weight excluding hydrogens is 192 g/mol. The number of carbonyl (C=O) groups is 1. The number of ether oxygens (including phenoxy) is 1. The Hall–Kier alpha value is -0.610. The molecule has 2 saturated heterocycles. The first kappa shape index (κ1) is 10.9. The maximum atomic E-state index is 12.0. The molecule has 0 aliphatic carbocycles. The lowest BCUT2D eigenvalue weighted by molar-refractivity contribution is -0.136. The molecule has 2 aliphatic rings. The van der Waals surface area contributed by atoms with Gasteiger partial charge in [0, 0.05) is 12.6 Å². The van der Waals surface area contributed by atoms with Crippen molar-refractivity contribution < 1.29 is 9.53 Å². The fourth-order valence-electron chi connectivity index (χ4n) is 2.19. The number of likely N-dealkylation sites (tertiary alicyclic amines) is 1. The maximum absolute atomic E-state index is 12.0. The van der Waals surface area contributed by atoms with Gasteiger partial charge in [0.15, 0.2) is 0 Å². The van der Waals surface area contributed by atoms with Gasteiger partial charge in [0.25, 0.3) is 0 Å². The highest BCUT2D eigenvalue weighted by Crippen LogP contribution is 2.27. The number of amides is 1. The molecule has 0 saturated carbocycles. The van der Waals surface area contributed by atoms with Crippen LogP contribution in [0.25, 0.3) is 0 Å². The molecule has 2 aliphatic heterocycles. The van der Waals surface area contributed by atoms with Crippen LogP contribution in [0.3, 0.4) is 0 Å². The second-order valence-electron chi connectivity index (χ2n) is 4.90. The summed E-state index contributed by atoms with van der Waals surface area (Å²) in [7, 11) is 1.99. The van der Waals surface area contributed by atoms with E-state index in [1.165, 1.54) is 0 Å². The van der Waals surface area contributed by atoms with E-state index in [4.69, 9.17) is 4.74 Å². The van der Waals surface area contributed by atoms with Crippen molar-refractivity contribution >= 4 is 5.91 Å². The van der Waals surface area contributed by atoms with Gasteiger partial charge >= 0.3 is 0 Å². The van der Waals surface area contributed by atoms with Crippen molar-refractivity contribution in [1.29, 1.82) is 0 Å². The van der Waals surface area contributed by atoms with Crippen LogP contribution in [0.5, 0.6) is 0 Å². The molecule has 2 rings (SSSR count). The summed E-state index contributed by atoms with van der Waals surface area (Å²) in [5.41, 5.74) is 0. The van der Waals surface area contributed by atoms with Crippen molar-refractivity contribution in [2.75, 3.05) is 26.7 Å². The minimum absolute atomic E-state index is 0.252. The summed E-state index contributed by atoms with van der Waals surface area (Å²) >= 11 is 0. The second-order valence-corrected chi connectivity index (χ2v) is 4.90. The first-order chi connectivity index (χ1) is 7.08. The molecule has 0 aromatic carbocycles. The van der Waals surface area contributed by atoms with Gasteiger partial charge in [-0.15, -0.1) is 0 Å². The minimum atomic E-state index is 0.252. The zero-order valence-electron chi connectivity index (χ0n) is 9.77. The van der Waals surface area contributed by atoms with Crippen molar-refractivity contribution in [1.82, 2.24) is 9.80 Å². The second kappa shape index (κ2) is 4.10. The van der Waals surface area contributed by atoms with Gasteiger partial charge in [0.2, 0.25) is 5.91 Å². The van der Waals surface area contributed by atoms with E-state index in [0.29, 0.717) is 24.7 Å². The summed E-state index contributed by atoms with van der Waals surface area (Å²) in [4.78, 5) is 16.1. The van der Waals surface area contributed by atoms with E-state index in [2.05, 4.69) is 18.7 Å². The molecule has 0 spiro atoms. The van der Waals surface area contributed by atoms with Crippen LogP contribution in [0.2, 0.25) is 0 Å². The molecule has 15 heavy (non-hydrogen) atoms. The van der Waals surface area contributed by atoms with Gasteiger partial charge in [-0.1, -0.05) is 0 Å². The van der Waals surface area contributed by atoms with Gasteiger partial charge in [-0.3, -0.25) is 9.69 Å². The molecule has 2 heterocycles. The molecule has 4 heteroatoms. The monoisotopic (exact) mass is 212 g/mol. The van der Waals surface area contributed by atoms with Gasteiger partial charge in [-0.25, -0.2) is 0 Å². The number of nitrogens with zero attached hydrogens (tertiary/aromatic N) is 2. The van der Waals surface area contributed by atoms with Crippen molar-refractivity contribution in [3.63, 3.8) is 0 Å². The molecule has 0 aromatic rings. The van der Waals surface area contributed by atoms with Gasteiger partial charge in [-0.05, 0) is 27.3 Å². The molecule has 2 atom stereocenters. The molecule has 1 amide bonds. The SMILES string of the molecule is CC(C)N(C)CC(=O)N1CC2CC1CO2. The van der Waals surface area contributed by atoms with Gasteiger partial charge in [0.1, 0.15) is 0 Å². The lowest BCUT2D eigenvalue weighted by Crippen LogP contribution is -2.46. The zero-order chi connectivity index (χ0) is 11.0. The topological polar surface area (TPSA) is 32.8 Å². The van der Waals surface area contributed by atoms with E-state index >= 15 is 0 Å². The Labute approximate surface area is 91.2 Å². The highest BCUT2D eigenvalue weighted by atomic mass is 16.5. The number of likely N-dealkylation sites (N-methyl/N-ethyl adjacent to an activating group) is 1. The molecule has 2 unspecified atom stereocenters. The Balaban J connectivity index is 1.86. The lowest BCUT2D eigenvalue weighted by Gasteiger charge is -2.29. The van der Waals surface area contributed by atoms with Gasteiger partial charge in [0.05, 0.1) is 25.3 Å². The van der Waals surface area contributed by atoms with Crippen molar-refractivity contribution in [2.45, 2.75) is 38.5 Å². The molecule has 2 bridgehead atoms. The summed E-state index contributed by atoms with van der Waals surface area (Å²) in [6, 6.07) is 0.771. The Morgan fingerprint density at radius 3 is 2.80 bits per heavy atom. The van der Waals surface area contributed by atoms with Crippen LogP contribution >= 0.6 is 0 Å². The summed E-state index contributed by atoms with van der Waals surface area (Å²) in [5.74, 6) is 0.252. The van der Waals surface area contributed by atoms with Gasteiger partial charge in [-0.2, -0.15) is 0 Å². The highest BCUT2D eigenvalue weighted by molar-refractivity contribution is 5.79. The number of carbonyl (C=O) groups excluding carboxylic acids is 1. The van der Waals surface area contributed by atoms with E-state index < -0.39 is 0 Å². The van der Waals surface area contributed by atoms with Crippen LogP contribution < -0.4 is 0 Å². The molecule has 0 aromatic heterocycles. The predicted octanol–water partition coefficient (Wildman–Crippen LogP) is 0.326. The fraction of sp³-hybridized carbons (Fsp3) is 0.909. The highest BCUT2D eigenvalue weighted by Gasteiger charge is 2.41. The fourth-order valence-corrected chi connectivity index (χ4v) is 2.19. The normalized spacial score (nSPS) is 29.5. The Morgan fingerprint density at radius 1 is 1.60 bits per heavy atom. The first-order valence-corrected chi connectivity index (χ1v) is 5.69. The summed E-state index contributed by atoms with van der Waals surface area (Å²) in [6.07, 6.45) is 1.35. The van der Waals surface area contributed by atoms with Crippen LogP contribution in [0.1, 0.15) is 20.3 Å². The van der Waals surface area contributed by atoms with Crippen LogP contribution in [0.4, 0.5) is 0 Å². The van der Waals surface area contributed by atoms with Gasteiger partial charge < -0.3 is 9.64 Å². The lowest BCUT2D eigenvalue weighted by atomic mass is 10.2. The quantitative estimate of drug-likeness (QED) is 0.675. The van der Waals surface area contributed by atoms with Crippen LogP contribution in [0.15, 0.2) is 0 Å². The average molecular weight is 212 g/mol. The average Bonchev–Trinajstić information content (AvgIpc) is 2.78. The third-order valence-electron chi connectivity index (χ3n) is 3.49. The van der Waals surface area contributed by atoms with Crippen molar-refractivity contribution in [3.05, 3.63) is 0 Å². The minimum Gasteiger partial charge on any atom is -0.374 e. The van der Waals surface area contributed by atoms with Crippen LogP contribution in [0, 0.1) is 0 Å². The van der Waals surface area contributed by atoms with Crippen LogP contribution in [-0.2, 0) is 9.53 Å². The summed E-state index contributed by atoms with van der Waals surface area (Å²) in [6.45, 7) is 6.27. The van der Waals surface area contributed by atoms with E-state index in [1.807, 2.05) is 11.9 Å². The third-order valence-corrected chi connectivity index (χ3v) is 3.49. The molecule has 2 fully saturated rings. The zero-order valence-corrected chi connectivity index (χ0v) is 9.77. The smallest absolute Gasteiger partial charge is 0.237 e. The molecule has 4 nitrogen and oxygen atoms in total. The number of fused-ring (bicyclic) bond motifs is 2. The van der Waals surface area contributed by atoms with E-state index in [9.17, 15) is 4.79 Å². The molecular formula is C11H20N2O2. The Morgan fingerprint density at radius 2 is 2.33 bits per heavy atom. The van der Waals surface area contributed by atoms with E-state index in [1.54, 1.807) is 0 Å². The molecule has 0 N–H and O–H groups in total. The predicted molar refractivity (Wildman–Crippen MR) is 57.6 cm³/mol. The van der Waals surface area contributed by atoms with E-state index in [-0.39, 0.29) is 5.91 Å². The van der Waals surface area contributed by atoms with Crippen LogP contribution in [-0.4, -0.2) is 60.6 Å². The standard InChI is InChI=1S/C11H20N2O2/c1-8(2)12(3)6-11(14)13-5-10-4-9(13)7-15-10/h8-10H,4-7H2,1-3H3. The number of morpholine rings is 1. The Kier molecular flexibility index (Phi) is 2.98.